The van der Waals surface area contributed by atoms with Gasteiger partial charge in [-0.05, 0) is 18.2 Å². The average molecular weight is 288 g/mol. The number of carboxylic acids is 1. The molecule has 106 valence electrons. The van der Waals surface area contributed by atoms with Crippen molar-refractivity contribution in [2.45, 2.75) is 0 Å². The minimum atomic E-state index is -1.45. The van der Waals surface area contributed by atoms with Crippen LogP contribution in [0.3, 0.4) is 0 Å². The summed E-state index contributed by atoms with van der Waals surface area (Å²) in [7, 11) is 0. The molecule has 0 fully saturated rings. The maximum atomic E-state index is 11.9. The van der Waals surface area contributed by atoms with Gasteiger partial charge < -0.3 is 5.11 Å². The molecule has 0 radical (unpaired) electrons. The minimum absolute atomic E-state index is 0.0102. The van der Waals surface area contributed by atoms with Crippen LogP contribution in [0.2, 0.25) is 0 Å². The predicted molar refractivity (Wildman–Crippen MR) is 70.0 cm³/mol. The second-order valence-corrected chi connectivity index (χ2v) is 3.87. The molecule has 0 bridgehead atoms. The van der Waals surface area contributed by atoms with Gasteiger partial charge in [0, 0.05) is 0 Å². The van der Waals surface area contributed by atoms with Gasteiger partial charge in [-0.1, -0.05) is 6.58 Å². The number of nitro benzene ring substituents is 1. The van der Waals surface area contributed by atoms with Gasteiger partial charge in [0.25, 0.3) is 5.69 Å². The van der Waals surface area contributed by atoms with Crippen LogP contribution in [-0.4, -0.2) is 37.2 Å². The largest absolute Gasteiger partial charge is 0.478 e. The summed E-state index contributed by atoms with van der Waals surface area (Å²) in [6.45, 7) is 3.23. The molecule has 0 aliphatic heterocycles. The molecule has 0 spiro atoms. The highest BCUT2D eigenvalue weighted by Crippen LogP contribution is 2.34. The molecule has 9 nitrogen and oxygen atoms in total. The number of carbonyl (C=O) groups is 2. The highest BCUT2D eigenvalue weighted by Gasteiger charge is 2.30. The Hall–Kier alpha value is -3.36. The highest BCUT2D eigenvalue weighted by atomic mass is 16.6. The standard InChI is InChI=1S/C12H8N4O5/c1-2-9(17)10-7(12(18)19)4-3-6(11(10)16(20)21)8-5-13-15-14-8/h2-5H,1H2,(H,18,19)(H,13,14,15). The normalized spacial score (nSPS) is 10.1. The molecule has 0 aliphatic rings. The molecule has 0 atom stereocenters. The van der Waals surface area contributed by atoms with Crippen LogP contribution in [0.5, 0.6) is 0 Å². The van der Waals surface area contributed by atoms with Gasteiger partial charge >= 0.3 is 5.97 Å². The number of ketones is 1. The molecule has 2 N–H and O–H groups in total. The van der Waals surface area contributed by atoms with E-state index in [1.54, 1.807) is 0 Å². The topological polar surface area (TPSA) is 139 Å². The Bertz CT molecular complexity index is 751. The van der Waals surface area contributed by atoms with Crippen molar-refractivity contribution in [1.82, 2.24) is 15.4 Å². The van der Waals surface area contributed by atoms with Gasteiger partial charge in [-0.25, -0.2) is 4.79 Å². The minimum Gasteiger partial charge on any atom is -0.478 e. The third-order valence-corrected chi connectivity index (χ3v) is 2.71. The van der Waals surface area contributed by atoms with Crippen LogP contribution < -0.4 is 0 Å². The smallest absolute Gasteiger partial charge is 0.336 e. The van der Waals surface area contributed by atoms with E-state index in [4.69, 9.17) is 5.11 Å². The lowest BCUT2D eigenvalue weighted by Crippen LogP contribution is -2.11. The number of aromatic amines is 1. The van der Waals surface area contributed by atoms with Crippen LogP contribution in [0.4, 0.5) is 5.69 Å². The number of nitro groups is 1. The molecule has 0 amide bonds. The van der Waals surface area contributed by atoms with Crippen molar-refractivity contribution in [2.24, 2.45) is 0 Å². The van der Waals surface area contributed by atoms with Crippen LogP contribution in [0.25, 0.3) is 11.3 Å². The maximum absolute atomic E-state index is 11.9. The second kappa shape index (κ2) is 5.33. The monoisotopic (exact) mass is 288 g/mol. The Morgan fingerprint density at radius 1 is 1.43 bits per heavy atom. The zero-order chi connectivity index (χ0) is 15.6. The maximum Gasteiger partial charge on any atom is 0.336 e. The van der Waals surface area contributed by atoms with E-state index in [0.717, 1.165) is 12.1 Å². The van der Waals surface area contributed by atoms with Crippen molar-refractivity contribution in [3.8, 4) is 11.3 Å². The lowest BCUT2D eigenvalue weighted by atomic mass is 9.96. The second-order valence-electron chi connectivity index (χ2n) is 3.87. The summed E-state index contributed by atoms with van der Waals surface area (Å²) in [5.41, 5.74) is -1.55. The highest BCUT2D eigenvalue weighted by molar-refractivity contribution is 6.15. The molecule has 1 aromatic heterocycles. The van der Waals surface area contributed by atoms with Gasteiger partial charge in [0.15, 0.2) is 5.78 Å². The summed E-state index contributed by atoms with van der Waals surface area (Å²) in [6, 6.07) is 2.31. The fourth-order valence-electron chi connectivity index (χ4n) is 1.85. The van der Waals surface area contributed by atoms with Crippen molar-refractivity contribution in [3.63, 3.8) is 0 Å². The van der Waals surface area contributed by atoms with E-state index in [2.05, 4.69) is 22.0 Å². The number of allylic oxidation sites excluding steroid dienone is 1. The number of rotatable bonds is 5. The molecule has 0 unspecified atom stereocenters. The number of nitrogens with one attached hydrogen (secondary N) is 1. The van der Waals surface area contributed by atoms with Crippen LogP contribution in [-0.2, 0) is 0 Å². The molecule has 1 aromatic carbocycles. The van der Waals surface area contributed by atoms with Crippen molar-refractivity contribution in [1.29, 1.82) is 0 Å². The van der Waals surface area contributed by atoms with Crippen LogP contribution in [0.15, 0.2) is 31.0 Å². The van der Waals surface area contributed by atoms with Crippen molar-refractivity contribution < 1.29 is 19.6 Å². The first kappa shape index (κ1) is 14.1. The molecule has 0 aliphatic carbocycles. The first-order valence-corrected chi connectivity index (χ1v) is 5.55. The number of aromatic carboxylic acids is 1. The number of benzene rings is 1. The number of hydrogen-bond acceptors (Lipinski definition) is 6. The van der Waals surface area contributed by atoms with E-state index in [1.807, 2.05) is 0 Å². The van der Waals surface area contributed by atoms with Gasteiger partial charge in [-0.15, -0.1) is 0 Å². The zero-order valence-electron chi connectivity index (χ0n) is 10.4. The van der Waals surface area contributed by atoms with Gasteiger partial charge in [-0.3, -0.25) is 14.9 Å². The predicted octanol–water partition coefficient (Wildman–Crippen LogP) is 1.45. The van der Waals surface area contributed by atoms with E-state index in [1.165, 1.54) is 12.3 Å². The van der Waals surface area contributed by atoms with Crippen molar-refractivity contribution in [2.75, 3.05) is 0 Å². The quantitative estimate of drug-likeness (QED) is 0.367. The Labute approximate surface area is 117 Å². The average Bonchev–Trinajstić information content (AvgIpc) is 2.98. The van der Waals surface area contributed by atoms with E-state index in [-0.39, 0.29) is 11.3 Å². The Kier molecular flexibility index (Phi) is 3.57. The molecule has 9 heteroatoms. The van der Waals surface area contributed by atoms with Gasteiger partial charge in [0.2, 0.25) is 0 Å². The van der Waals surface area contributed by atoms with E-state index < -0.39 is 33.5 Å². The molecular weight excluding hydrogens is 280 g/mol. The number of nitrogens with zero attached hydrogens (tertiary/aromatic N) is 3. The SMILES string of the molecule is C=CC(=O)c1c(C(=O)O)ccc(-c2cn[nH]n2)c1[N+](=O)[O-]. The van der Waals surface area contributed by atoms with E-state index >= 15 is 0 Å². The van der Waals surface area contributed by atoms with Gasteiger partial charge in [-0.2, -0.15) is 15.4 Å². The van der Waals surface area contributed by atoms with Crippen LogP contribution >= 0.6 is 0 Å². The fraction of sp³-hybridized carbons (Fsp3) is 0. The Morgan fingerprint density at radius 3 is 2.62 bits per heavy atom. The molecule has 2 rings (SSSR count). The molecule has 2 aromatic rings. The summed E-state index contributed by atoms with van der Waals surface area (Å²) in [6.07, 6.45) is 2.05. The lowest BCUT2D eigenvalue weighted by Gasteiger charge is -2.07. The molecule has 0 saturated heterocycles. The van der Waals surface area contributed by atoms with Crippen LogP contribution in [0.1, 0.15) is 20.7 Å². The van der Waals surface area contributed by atoms with Crippen molar-refractivity contribution in [3.05, 3.63) is 52.2 Å². The zero-order valence-corrected chi connectivity index (χ0v) is 10.4. The first-order chi connectivity index (χ1) is 9.97. The summed E-state index contributed by atoms with van der Waals surface area (Å²) >= 11 is 0. The Balaban J connectivity index is 2.88. The molecule has 1 heterocycles. The van der Waals surface area contributed by atoms with E-state index in [9.17, 15) is 19.7 Å². The van der Waals surface area contributed by atoms with E-state index in [0.29, 0.717) is 0 Å². The summed E-state index contributed by atoms with van der Waals surface area (Å²) in [5, 5.41) is 29.9. The van der Waals surface area contributed by atoms with Gasteiger partial charge in [0.1, 0.15) is 11.3 Å². The summed E-state index contributed by atoms with van der Waals surface area (Å²) in [4.78, 5) is 33.5. The third kappa shape index (κ3) is 2.39. The van der Waals surface area contributed by atoms with Gasteiger partial charge in [0.05, 0.1) is 22.2 Å². The molecular formula is C12H8N4O5. The number of aromatic nitrogens is 3. The number of H-pyrrole nitrogens is 1. The fourth-order valence-corrected chi connectivity index (χ4v) is 1.85. The number of carboxylic acid groups (broad SMARTS) is 1. The first-order valence-electron chi connectivity index (χ1n) is 5.55. The summed E-state index contributed by atoms with van der Waals surface area (Å²) in [5.74, 6) is -2.31. The summed E-state index contributed by atoms with van der Waals surface area (Å²) < 4.78 is 0. The number of hydrogen-bond donors (Lipinski definition) is 2. The third-order valence-electron chi connectivity index (χ3n) is 2.71. The molecule has 21 heavy (non-hydrogen) atoms. The van der Waals surface area contributed by atoms with Crippen LogP contribution in [0, 0.1) is 10.1 Å². The Morgan fingerprint density at radius 2 is 2.14 bits per heavy atom. The van der Waals surface area contributed by atoms with Crippen molar-refractivity contribution >= 4 is 17.4 Å². The number of carbonyl (C=O) groups excluding carboxylic acids is 1. The molecule has 0 saturated carbocycles. The lowest BCUT2D eigenvalue weighted by molar-refractivity contribution is -0.384.